The van der Waals surface area contributed by atoms with Gasteiger partial charge in [-0.1, -0.05) is 24.3 Å². The molecule has 3 rings (SSSR count). The number of benzene rings is 2. The first-order valence-electron chi connectivity index (χ1n) is 8.25. The van der Waals surface area contributed by atoms with E-state index >= 15 is 0 Å². The molecule has 2 aromatic rings. The van der Waals surface area contributed by atoms with Gasteiger partial charge in [-0.05, 0) is 35.4 Å². The third-order valence-corrected chi connectivity index (χ3v) is 4.50. The number of nitrogens with zero attached hydrogens (tertiary/aromatic N) is 1. The second kappa shape index (κ2) is 7.45. The standard InChI is InChI=1S/C19H21F3N2O/c1-25-17-8-4-15(5-9-17)18(24-12-10-23-11-13-24)14-2-6-16(7-3-14)19(20,21)22/h2-9,18,23H,10-13H2,1H3. The van der Waals surface area contributed by atoms with Crippen molar-refractivity contribution >= 4 is 0 Å². The molecule has 0 aliphatic carbocycles. The number of alkyl halides is 3. The maximum Gasteiger partial charge on any atom is 0.416 e. The molecule has 1 unspecified atom stereocenters. The minimum Gasteiger partial charge on any atom is -0.497 e. The SMILES string of the molecule is COc1ccc(C(c2ccc(C(F)(F)F)cc2)N2CCNCC2)cc1. The Morgan fingerprint density at radius 2 is 1.44 bits per heavy atom. The minimum absolute atomic E-state index is 0.0738. The van der Waals surface area contributed by atoms with Gasteiger partial charge in [0, 0.05) is 26.2 Å². The van der Waals surface area contributed by atoms with Crippen LogP contribution in [0.4, 0.5) is 13.2 Å². The van der Waals surface area contributed by atoms with Gasteiger partial charge >= 0.3 is 6.18 Å². The first kappa shape index (κ1) is 17.8. The number of hydrogen-bond acceptors (Lipinski definition) is 3. The molecule has 1 fully saturated rings. The summed E-state index contributed by atoms with van der Waals surface area (Å²) in [6, 6.07) is 13.1. The summed E-state index contributed by atoms with van der Waals surface area (Å²) in [5.41, 5.74) is 1.28. The molecule has 1 N–H and O–H groups in total. The normalized spacial score (nSPS) is 17.3. The quantitative estimate of drug-likeness (QED) is 0.910. The molecule has 1 saturated heterocycles. The lowest BCUT2D eigenvalue weighted by molar-refractivity contribution is -0.137. The molecule has 25 heavy (non-hydrogen) atoms. The van der Waals surface area contributed by atoms with E-state index in [1.807, 2.05) is 24.3 Å². The van der Waals surface area contributed by atoms with Gasteiger partial charge in [0.05, 0.1) is 18.7 Å². The molecular weight excluding hydrogens is 329 g/mol. The first-order valence-corrected chi connectivity index (χ1v) is 8.25. The highest BCUT2D eigenvalue weighted by molar-refractivity contribution is 5.37. The maximum absolute atomic E-state index is 12.8. The Bertz CT molecular complexity index is 677. The lowest BCUT2D eigenvalue weighted by Gasteiger charge is -2.35. The minimum atomic E-state index is -4.32. The van der Waals surface area contributed by atoms with E-state index in [1.54, 1.807) is 19.2 Å². The Morgan fingerprint density at radius 1 is 0.920 bits per heavy atom. The predicted molar refractivity (Wildman–Crippen MR) is 90.7 cm³/mol. The van der Waals surface area contributed by atoms with Crippen LogP contribution in [0.1, 0.15) is 22.7 Å². The van der Waals surface area contributed by atoms with Crippen molar-refractivity contribution in [3.63, 3.8) is 0 Å². The van der Waals surface area contributed by atoms with Gasteiger partial charge < -0.3 is 10.1 Å². The van der Waals surface area contributed by atoms with Crippen LogP contribution in [0.15, 0.2) is 48.5 Å². The molecule has 2 aromatic carbocycles. The van der Waals surface area contributed by atoms with Crippen LogP contribution in [0.2, 0.25) is 0 Å². The molecule has 1 aliphatic heterocycles. The molecule has 0 saturated carbocycles. The fraction of sp³-hybridized carbons (Fsp3) is 0.368. The molecule has 0 spiro atoms. The van der Waals surface area contributed by atoms with Crippen LogP contribution >= 0.6 is 0 Å². The first-order chi connectivity index (χ1) is 12.0. The summed E-state index contributed by atoms with van der Waals surface area (Å²) in [5.74, 6) is 0.759. The van der Waals surface area contributed by atoms with Crippen molar-refractivity contribution in [2.75, 3.05) is 33.3 Å². The number of methoxy groups -OCH3 is 1. The summed E-state index contributed by atoms with van der Waals surface area (Å²) in [7, 11) is 1.61. The van der Waals surface area contributed by atoms with Gasteiger partial charge in [0.15, 0.2) is 0 Å². The Morgan fingerprint density at radius 3 is 1.92 bits per heavy atom. The third kappa shape index (κ3) is 4.14. The fourth-order valence-electron chi connectivity index (χ4n) is 3.20. The summed E-state index contributed by atoms with van der Waals surface area (Å²) >= 11 is 0. The summed E-state index contributed by atoms with van der Waals surface area (Å²) in [5, 5.41) is 3.31. The highest BCUT2D eigenvalue weighted by Gasteiger charge is 2.31. The molecule has 3 nitrogen and oxygen atoms in total. The largest absolute Gasteiger partial charge is 0.497 e. The van der Waals surface area contributed by atoms with Gasteiger partial charge in [-0.25, -0.2) is 0 Å². The Labute approximate surface area is 145 Å². The topological polar surface area (TPSA) is 24.5 Å². The second-order valence-electron chi connectivity index (χ2n) is 6.08. The van der Waals surface area contributed by atoms with E-state index in [2.05, 4.69) is 10.2 Å². The van der Waals surface area contributed by atoms with E-state index in [-0.39, 0.29) is 6.04 Å². The van der Waals surface area contributed by atoms with Crippen molar-refractivity contribution in [1.29, 1.82) is 0 Å². The number of hydrogen-bond donors (Lipinski definition) is 1. The van der Waals surface area contributed by atoms with Crippen LogP contribution in [-0.2, 0) is 6.18 Å². The molecule has 0 aromatic heterocycles. The van der Waals surface area contributed by atoms with Crippen LogP contribution in [0, 0.1) is 0 Å². The van der Waals surface area contributed by atoms with Crippen LogP contribution in [-0.4, -0.2) is 38.2 Å². The Balaban J connectivity index is 1.95. The highest BCUT2D eigenvalue weighted by Crippen LogP contribution is 2.33. The van der Waals surface area contributed by atoms with Crippen LogP contribution in [0.25, 0.3) is 0 Å². The van der Waals surface area contributed by atoms with E-state index in [1.165, 1.54) is 0 Å². The summed E-state index contributed by atoms with van der Waals surface area (Å²) in [6.07, 6.45) is -4.32. The smallest absolute Gasteiger partial charge is 0.416 e. The lowest BCUT2D eigenvalue weighted by atomic mass is 9.95. The van der Waals surface area contributed by atoms with Gasteiger partial charge in [0.25, 0.3) is 0 Å². The molecule has 0 radical (unpaired) electrons. The average molecular weight is 350 g/mol. The zero-order chi connectivity index (χ0) is 17.9. The zero-order valence-corrected chi connectivity index (χ0v) is 14.0. The highest BCUT2D eigenvalue weighted by atomic mass is 19.4. The number of ether oxygens (including phenoxy) is 1. The van der Waals surface area contributed by atoms with Crippen molar-refractivity contribution < 1.29 is 17.9 Å². The molecule has 6 heteroatoms. The number of nitrogens with one attached hydrogen (secondary N) is 1. The van der Waals surface area contributed by atoms with Gasteiger partial charge in [-0.3, -0.25) is 4.90 Å². The molecule has 1 heterocycles. The Kier molecular flexibility index (Phi) is 5.30. The van der Waals surface area contributed by atoms with Crippen molar-refractivity contribution in [2.45, 2.75) is 12.2 Å². The number of halogens is 3. The van der Waals surface area contributed by atoms with Gasteiger partial charge in [0.1, 0.15) is 5.75 Å². The van der Waals surface area contributed by atoms with E-state index in [0.29, 0.717) is 0 Å². The van der Waals surface area contributed by atoms with Crippen molar-refractivity contribution in [3.8, 4) is 5.75 Å². The van der Waals surface area contributed by atoms with E-state index < -0.39 is 11.7 Å². The van der Waals surface area contributed by atoms with E-state index in [0.717, 1.165) is 55.2 Å². The van der Waals surface area contributed by atoms with Crippen molar-refractivity contribution in [2.24, 2.45) is 0 Å². The molecular formula is C19H21F3N2O. The van der Waals surface area contributed by atoms with Crippen LogP contribution in [0.3, 0.4) is 0 Å². The number of piperazine rings is 1. The fourth-order valence-corrected chi connectivity index (χ4v) is 3.20. The molecule has 1 atom stereocenters. The lowest BCUT2D eigenvalue weighted by Crippen LogP contribution is -2.45. The van der Waals surface area contributed by atoms with Crippen molar-refractivity contribution in [1.82, 2.24) is 10.2 Å². The molecule has 1 aliphatic rings. The van der Waals surface area contributed by atoms with E-state index in [4.69, 9.17) is 4.74 Å². The van der Waals surface area contributed by atoms with Gasteiger partial charge in [-0.15, -0.1) is 0 Å². The zero-order valence-electron chi connectivity index (χ0n) is 14.0. The molecule has 0 amide bonds. The summed E-state index contributed by atoms with van der Waals surface area (Å²) in [4.78, 5) is 2.29. The van der Waals surface area contributed by atoms with Gasteiger partial charge in [-0.2, -0.15) is 13.2 Å². The summed E-state index contributed by atoms with van der Waals surface area (Å²) in [6.45, 7) is 3.43. The van der Waals surface area contributed by atoms with Crippen LogP contribution < -0.4 is 10.1 Å². The van der Waals surface area contributed by atoms with Crippen molar-refractivity contribution in [3.05, 3.63) is 65.2 Å². The second-order valence-corrected chi connectivity index (χ2v) is 6.08. The average Bonchev–Trinajstić information content (AvgIpc) is 2.63. The molecule has 134 valence electrons. The Hall–Kier alpha value is -2.05. The molecule has 0 bridgehead atoms. The van der Waals surface area contributed by atoms with Gasteiger partial charge in [0.2, 0.25) is 0 Å². The predicted octanol–water partition coefficient (Wildman–Crippen LogP) is 3.71. The van der Waals surface area contributed by atoms with Crippen LogP contribution in [0.5, 0.6) is 5.75 Å². The monoisotopic (exact) mass is 350 g/mol. The van der Waals surface area contributed by atoms with E-state index in [9.17, 15) is 13.2 Å². The number of rotatable bonds is 4. The maximum atomic E-state index is 12.8. The third-order valence-electron chi connectivity index (χ3n) is 4.50. The summed E-state index contributed by atoms with van der Waals surface area (Å²) < 4.78 is 43.8.